The van der Waals surface area contributed by atoms with Crippen molar-refractivity contribution in [2.24, 2.45) is 0 Å². The van der Waals surface area contributed by atoms with Gasteiger partial charge in [0.2, 0.25) is 0 Å². The molecule has 1 heterocycles. The van der Waals surface area contributed by atoms with Crippen LogP contribution in [0.2, 0.25) is 0 Å². The van der Waals surface area contributed by atoms with Gasteiger partial charge in [0.1, 0.15) is 16.1 Å². The number of halogens is 1. The van der Waals surface area contributed by atoms with E-state index in [2.05, 4.69) is 15.9 Å². The zero-order valence-electron chi connectivity index (χ0n) is 8.16. The van der Waals surface area contributed by atoms with Crippen molar-refractivity contribution in [3.05, 3.63) is 15.2 Å². The molecule has 0 aliphatic heterocycles. The van der Waals surface area contributed by atoms with Crippen LogP contribution in [0.5, 0.6) is 5.75 Å². The molecule has 3 nitrogen and oxygen atoms in total. The summed E-state index contributed by atoms with van der Waals surface area (Å²) in [6.45, 7) is 2.90. The summed E-state index contributed by atoms with van der Waals surface area (Å²) in [6, 6.07) is 1.93. The molecule has 1 atom stereocenters. The molecule has 14 heavy (non-hydrogen) atoms. The van der Waals surface area contributed by atoms with E-state index in [4.69, 9.17) is 14.2 Å². The molecule has 0 saturated carbocycles. The Labute approximate surface area is 96.1 Å². The lowest BCUT2D eigenvalue weighted by Gasteiger charge is -2.11. The molecule has 0 amide bonds. The highest BCUT2D eigenvalue weighted by Gasteiger charge is 2.02. The van der Waals surface area contributed by atoms with E-state index in [9.17, 15) is 0 Å². The van der Waals surface area contributed by atoms with Gasteiger partial charge in [0.25, 0.3) is 0 Å². The minimum absolute atomic E-state index is 0.176. The predicted octanol–water partition coefficient (Wildman–Crippen LogP) is 2.90. The maximum atomic E-state index is 5.45. The summed E-state index contributed by atoms with van der Waals surface area (Å²) in [5.74, 6) is 0.865. The number of hydrogen-bond acceptors (Lipinski definition) is 4. The Morgan fingerprint density at radius 1 is 1.50 bits per heavy atom. The normalized spacial score (nSPS) is 12.8. The van der Waals surface area contributed by atoms with Crippen LogP contribution in [0.15, 0.2) is 15.2 Å². The van der Waals surface area contributed by atoms with Crippen molar-refractivity contribution in [2.45, 2.75) is 13.2 Å². The Morgan fingerprint density at radius 2 is 2.29 bits per heavy atom. The number of thiophene rings is 1. The number of hydrogen-bond donors (Lipinski definition) is 0. The van der Waals surface area contributed by atoms with Crippen LogP contribution >= 0.6 is 27.3 Å². The van der Waals surface area contributed by atoms with Crippen molar-refractivity contribution in [2.75, 3.05) is 20.3 Å². The highest BCUT2D eigenvalue weighted by Crippen LogP contribution is 2.30. The van der Waals surface area contributed by atoms with E-state index in [1.807, 2.05) is 18.4 Å². The Hall–Kier alpha value is -0.100. The third kappa shape index (κ3) is 3.96. The molecule has 0 aromatic carbocycles. The van der Waals surface area contributed by atoms with Gasteiger partial charge in [-0.3, -0.25) is 0 Å². The molecule has 1 rings (SSSR count). The smallest absolute Gasteiger partial charge is 0.154 e. The SMILES string of the molecule is COC(C)OCCOc1ccsc1Br. The Balaban J connectivity index is 2.13. The van der Waals surface area contributed by atoms with E-state index in [0.29, 0.717) is 13.2 Å². The fourth-order valence-electron chi connectivity index (χ4n) is 0.818. The largest absolute Gasteiger partial charge is 0.489 e. The Kier molecular flexibility index (Phi) is 5.47. The number of rotatable bonds is 6. The van der Waals surface area contributed by atoms with Gasteiger partial charge in [-0.1, -0.05) is 0 Å². The van der Waals surface area contributed by atoms with Gasteiger partial charge in [-0.2, -0.15) is 0 Å². The molecular formula is C9H13BrO3S. The maximum absolute atomic E-state index is 5.45. The summed E-state index contributed by atoms with van der Waals surface area (Å²) in [4.78, 5) is 0. The van der Waals surface area contributed by atoms with Crippen molar-refractivity contribution < 1.29 is 14.2 Å². The summed E-state index contributed by atoms with van der Waals surface area (Å²) < 4.78 is 16.7. The molecule has 1 aromatic rings. The standard InChI is InChI=1S/C9H13BrO3S/c1-7(11-2)12-4-5-13-8-3-6-14-9(8)10/h3,6-7H,4-5H2,1-2H3. The van der Waals surface area contributed by atoms with Crippen molar-refractivity contribution >= 4 is 27.3 Å². The topological polar surface area (TPSA) is 27.7 Å². The van der Waals surface area contributed by atoms with E-state index in [-0.39, 0.29) is 6.29 Å². The van der Waals surface area contributed by atoms with E-state index in [1.165, 1.54) is 0 Å². The minimum atomic E-state index is -0.176. The van der Waals surface area contributed by atoms with Crippen LogP contribution < -0.4 is 4.74 Å². The van der Waals surface area contributed by atoms with Gasteiger partial charge in [0.15, 0.2) is 6.29 Å². The molecule has 1 aromatic heterocycles. The van der Waals surface area contributed by atoms with Gasteiger partial charge >= 0.3 is 0 Å². The molecule has 1 unspecified atom stereocenters. The molecule has 5 heteroatoms. The fourth-order valence-corrected chi connectivity index (χ4v) is 1.94. The molecule has 0 fully saturated rings. The van der Waals surface area contributed by atoms with Crippen molar-refractivity contribution in [1.82, 2.24) is 0 Å². The average molecular weight is 281 g/mol. The monoisotopic (exact) mass is 280 g/mol. The maximum Gasteiger partial charge on any atom is 0.154 e. The Morgan fingerprint density at radius 3 is 2.86 bits per heavy atom. The van der Waals surface area contributed by atoms with Crippen molar-refractivity contribution in [3.63, 3.8) is 0 Å². The van der Waals surface area contributed by atoms with Crippen LogP contribution in [0.1, 0.15) is 6.92 Å². The van der Waals surface area contributed by atoms with E-state index >= 15 is 0 Å². The van der Waals surface area contributed by atoms with E-state index in [1.54, 1.807) is 18.4 Å². The molecular weight excluding hydrogens is 268 g/mol. The first-order chi connectivity index (χ1) is 6.74. The van der Waals surface area contributed by atoms with Gasteiger partial charge in [0, 0.05) is 7.11 Å². The molecule has 0 N–H and O–H groups in total. The van der Waals surface area contributed by atoms with Crippen molar-refractivity contribution in [1.29, 1.82) is 0 Å². The highest BCUT2D eigenvalue weighted by atomic mass is 79.9. The third-order valence-electron chi connectivity index (χ3n) is 1.61. The first kappa shape index (κ1) is 12.0. The second kappa shape index (κ2) is 6.40. The molecule has 0 saturated heterocycles. The first-order valence-electron chi connectivity index (χ1n) is 4.24. The molecule has 0 radical (unpaired) electrons. The van der Waals surface area contributed by atoms with E-state index in [0.717, 1.165) is 9.54 Å². The van der Waals surface area contributed by atoms with Gasteiger partial charge in [-0.15, -0.1) is 11.3 Å². The van der Waals surface area contributed by atoms with Crippen LogP contribution in [0.25, 0.3) is 0 Å². The summed E-state index contributed by atoms with van der Waals surface area (Å²) in [5, 5.41) is 1.97. The average Bonchev–Trinajstić information content (AvgIpc) is 2.58. The highest BCUT2D eigenvalue weighted by molar-refractivity contribution is 9.11. The second-order valence-corrected chi connectivity index (χ2v) is 4.82. The Bertz CT molecular complexity index is 264. The third-order valence-corrected chi connectivity index (χ3v) is 3.24. The second-order valence-electron chi connectivity index (χ2n) is 2.58. The summed E-state index contributed by atoms with van der Waals surface area (Å²) in [6.07, 6.45) is -0.176. The lowest BCUT2D eigenvalue weighted by atomic mass is 10.6. The molecule has 0 aliphatic rings. The zero-order chi connectivity index (χ0) is 10.4. The summed E-state index contributed by atoms with van der Waals surface area (Å²) in [5.41, 5.74) is 0. The van der Waals surface area contributed by atoms with Gasteiger partial charge in [-0.25, -0.2) is 0 Å². The quantitative estimate of drug-likeness (QED) is 0.592. The zero-order valence-corrected chi connectivity index (χ0v) is 10.6. The fraction of sp³-hybridized carbons (Fsp3) is 0.556. The van der Waals surface area contributed by atoms with Gasteiger partial charge in [-0.05, 0) is 34.3 Å². The first-order valence-corrected chi connectivity index (χ1v) is 5.91. The molecule has 0 bridgehead atoms. The lowest BCUT2D eigenvalue weighted by Crippen LogP contribution is -2.15. The van der Waals surface area contributed by atoms with Gasteiger partial charge < -0.3 is 14.2 Å². The van der Waals surface area contributed by atoms with Crippen LogP contribution in [0.3, 0.4) is 0 Å². The molecule has 80 valence electrons. The molecule has 0 aliphatic carbocycles. The van der Waals surface area contributed by atoms with E-state index < -0.39 is 0 Å². The summed E-state index contributed by atoms with van der Waals surface area (Å²) in [7, 11) is 1.61. The van der Waals surface area contributed by atoms with Crippen LogP contribution in [-0.2, 0) is 9.47 Å². The molecule has 0 spiro atoms. The lowest BCUT2D eigenvalue weighted by molar-refractivity contribution is -0.115. The van der Waals surface area contributed by atoms with Crippen LogP contribution in [0, 0.1) is 0 Å². The van der Waals surface area contributed by atoms with Crippen LogP contribution in [-0.4, -0.2) is 26.6 Å². The van der Waals surface area contributed by atoms with Crippen molar-refractivity contribution in [3.8, 4) is 5.75 Å². The minimum Gasteiger partial charge on any atom is -0.489 e. The summed E-state index contributed by atoms with van der Waals surface area (Å²) >= 11 is 4.99. The van der Waals surface area contributed by atoms with Crippen LogP contribution in [0.4, 0.5) is 0 Å². The number of ether oxygens (including phenoxy) is 3. The predicted molar refractivity (Wildman–Crippen MR) is 59.9 cm³/mol. The number of methoxy groups -OCH3 is 1. The van der Waals surface area contributed by atoms with Gasteiger partial charge in [0.05, 0.1) is 6.61 Å².